The van der Waals surface area contributed by atoms with E-state index in [1.54, 1.807) is 14.2 Å². The molecule has 2 rings (SSSR count). The van der Waals surface area contributed by atoms with E-state index in [0.29, 0.717) is 0 Å². The molecule has 18 heavy (non-hydrogen) atoms. The SMILES string of the molecule is COc1cccc(C=Cc2ccccc2)c1OC. The van der Waals surface area contributed by atoms with Crippen molar-refractivity contribution < 1.29 is 9.47 Å². The highest BCUT2D eigenvalue weighted by Crippen LogP contribution is 2.31. The summed E-state index contributed by atoms with van der Waals surface area (Å²) in [6.07, 6.45) is 4.08. The standard InChI is InChI=1S/C16H16O2/c1-17-15-10-6-9-14(16(15)18-2)12-11-13-7-4-3-5-8-13/h3-12H,1-2H3. The maximum Gasteiger partial charge on any atom is 0.167 e. The van der Waals surface area contributed by atoms with Gasteiger partial charge in [-0.05, 0) is 11.6 Å². The molecule has 0 aliphatic carbocycles. The first-order valence-corrected chi connectivity index (χ1v) is 5.79. The third-order valence-corrected chi connectivity index (χ3v) is 2.69. The number of hydrogen-bond donors (Lipinski definition) is 0. The van der Waals surface area contributed by atoms with Crippen LogP contribution in [0.15, 0.2) is 48.5 Å². The Morgan fingerprint density at radius 1 is 0.778 bits per heavy atom. The lowest BCUT2D eigenvalue weighted by Gasteiger charge is -2.09. The highest BCUT2D eigenvalue weighted by molar-refractivity contribution is 5.74. The fraction of sp³-hybridized carbons (Fsp3) is 0.125. The third kappa shape index (κ3) is 2.72. The van der Waals surface area contributed by atoms with Gasteiger partial charge in [-0.25, -0.2) is 0 Å². The normalized spacial score (nSPS) is 10.6. The molecule has 0 saturated carbocycles. The first kappa shape index (κ1) is 12.2. The van der Waals surface area contributed by atoms with E-state index >= 15 is 0 Å². The molecule has 2 nitrogen and oxygen atoms in total. The van der Waals surface area contributed by atoms with E-state index in [0.717, 1.165) is 22.6 Å². The summed E-state index contributed by atoms with van der Waals surface area (Å²) in [7, 11) is 3.29. The van der Waals surface area contributed by atoms with E-state index in [4.69, 9.17) is 9.47 Å². The Bertz CT molecular complexity index is 530. The Morgan fingerprint density at radius 2 is 1.56 bits per heavy atom. The molecule has 0 radical (unpaired) electrons. The summed E-state index contributed by atoms with van der Waals surface area (Å²) >= 11 is 0. The van der Waals surface area contributed by atoms with Crippen molar-refractivity contribution in [2.75, 3.05) is 14.2 Å². The van der Waals surface area contributed by atoms with Crippen LogP contribution in [0.3, 0.4) is 0 Å². The van der Waals surface area contributed by atoms with Crippen LogP contribution in [0.4, 0.5) is 0 Å². The fourth-order valence-corrected chi connectivity index (χ4v) is 1.79. The number of para-hydroxylation sites is 1. The van der Waals surface area contributed by atoms with Crippen LogP contribution < -0.4 is 9.47 Å². The Balaban J connectivity index is 2.32. The summed E-state index contributed by atoms with van der Waals surface area (Å²) in [6.45, 7) is 0. The maximum atomic E-state index is 5.38. The van der Waals surface area contributed by atoms with Crippen molar-refractivity contribution in [3.8, 4) is 11.5 Å². The van der Waals surface area contributed by atoms with Gasteiger partial charge in [0, 0.05) is 5.56 Å². The van der Waals surface area contributed by atoms with Crippen molar-refractivity contribution in [1.82, 2.24) is 0 Å². The number of methoxy groups -OCH3 is 2. The van der Waals surface area contributed by atoms with E-state index in [2.05, 4.69) is 18.2 Å². The molecule has 0 atom stereocenters. The van der Waals surface area contributed by atoms with Crippen LogP contribution in [-0.4, -0.2) is 14.2 Å². The predicted molar refractivity (Wildman–Crippen MR) is 74.9 cm³/mol. The van der Waals surface area contributed by atoms with Crippen molar-refractivity contribution in [2.24, 2.45) is 0 Å². The molecule has 92 valence electrons. The zero-order chi connectivity index (χ0) is 12.8. The molecule has 0 fully saturated rings. The second-order valence-electron chi connectivity index (χ2n) is 3.83. The summed E-state index contributed by atoms with van der Waals surface area (Å²) in [6, 6.07) is 16.0. The molecule has 0 aromatic heterocycles. The zero-order valence-electron chi connectivity index (χ0n) is 10.6. The smallest absolute Gasteiger partial charge is 0.167 e. The Morgan fingerprint density at radius 3 is 2.22 bits per heavy atom. The largest absolute Gasteiger partial charge is 0.493 e. The number of hydrogen-bond acceptors (Lipinski definition) is 2. The average molecular weight is 240 g/mol. The van der Waals surface area contributed by atoms with Crippen molar-refractivity contribution in [2.45, 2.75) is 0 Å². The summed E-state index contributed by atoms with van der Waals surface area (Å²) in [4.78, 5) is 0. The first-order valence-electron chi connectivity index (χ1n) is 5.79. The fourth-order valence-electron chi connectivity index (χ4n) is 1.79. The third-order valence-electron chi connectivity index (χ3n) is 2.69. The van der Waals surface area contributed by atoms with E-state index in [9.17, 15) is 0 Å². The minimum absolute atomic E-state index is 0.743. The Labute approximate surface area is 107 Å². The summed E-state index contributed by atoms with van der Waals surface area (Å²) in [5.74, 6) is 1.50. The van der Waals surface area contributed by atoms with Gasteiger partial charge < -0.3 is 9.47 Å². The van der Waals surface area contributed by atoms with Gasteiger partial charge in [-0.15, -0.1) is 0 Å². The molecule has 0 aliphatic rings. The molecule has 0 bridgehead atoms. The average Bonchev–Trinajstić information content (AvgIpc) is 2.45. The Hall–Kier alpha value is -2.22. The van der Waals surface area contributed by atoms with Gasteiger partial charge in [-0.3, -0.25) is 0 Å². The van der Waals surface area contributed by atoms with Crippen LogP contribution >= 0.6 is 0 Å². The molecule has 0 amide bonds. The quantitative estimate of drug-likeness (QED) is 0.755. The summed E-state index contributed by atoms with van der Waals surface area (Å²) in [5, 5.41) is 0. The second kappa shape index (κ2) is 5.92. The van der Waals surface area contributed by atoms with Gasteiger partial charge in [-0.1, -0.05) is 54.6 Å². The van der Waals surface area contributed by atoms with Crippen LogP contribution in [0.25, 0.3) is 12.2 Å². The van der Waals surface area contributed by atoms with Gasteiger partial charge in [-0.2, -0.15) is 0 Å². The minimum Gasteiger partial charge on any atom is -0.493 e. The van der Waals surface area contributed by atoms with Crippen LogP contribution in [-0.2, 0) is 0 Å². The zero-order valence-corrected chi connectivity index (χ0v) is 10.6. The number of benzene rings is 2. The summed E-state index contributed by atoms with van der Waals surface area (Å²) < 4.78 is 10.6. The van der Waals surface area contributed by atoms with Gasteiger partial charge in [0.25, 0.3) is 0 Å². The lowest BCUT2D eigenvalue weighted by molar-refractivity contribution is 0.354. The van der Waals surface area contributed by atoms with E-state index in [-0.39, 0.29) is 0 Å². The second-order valence-corrected chi connectivity index (χ2v) is 3.83. The lowest BCUT2D eigenvalue weighted by atomic mass is 10.1. The van der Waals surface area contributed by atoms with Crippen LogP contribution in [0.5, 0.6) is 11.5 Å². The Kier molecular flexibility index (Phi) is 4.02. The van der Waals surface area contributed by atoms with Crippen molar-refractivity contribution in [3.05, 3.63) is 59.7 Å². The highest BCUT2D eigenvalue weighted by Gasteiger charge is 2.06. The van der Waals surface area contributed by atoms with Crippen molar-refractivity contribution in [1.29, 1.82) is 0 Å². The molecule has 0 spiro atoms. The molecule has 2 heteroatoms. The van der Waals surface area contributed by atoms with Gasteiger partial charge in [0.1, 0.15) is 0 Å². The van der Waals surface area contributed by atoms with Gasteiger partial charge in [0.05, 0.1) is 14.2 Å². The van der Waals surface area contributed by atoms with E-state index < -0.39 is 0 Å². The van der Waals surface area contributed by atoms with Crippen molar-refractivity contribution in [3.63, 3.8) is 0 Å². The van der Waals surface area contributed by atoms with Crippen LogP contribution in [0, 0.1) is 0 Å². The van der Waals surface area contributed by atoms with Gasteiger partial charge >= 0.3 is 0 Å². The molecule has 2 aromatic rings. The highest BCUT2D eigenvalue weighted by atomic mass is 16.5. The molecular formula is C16H16O2. The first-order chi connectivity index (χ1) is 8.85. The van der Waals surface area contributed by atoms with Gasteiger partial charge in [0.2, 0.25) is 0 Å². The van der Waals surface area contributed by atoms with Crippen LogP contribution in [0.1, 0.15) is 11.1 Å². The number of ether oxygens (including phenoxy) is 2. The molecule has 0 heterocycles. The molecular weight excluding hydrogens is 224 g/mol. The number of rotatable bonds is 4. The van der Waals surface area contributed by atoms with E-state index in [1.807, 2.05) is 42.5 Å². The van der Waals surface area contributed by atoms with E-state index in [1.165, 1.54) is 0 Å². The molecule has 0 unspecified atom stereocenters. The maximum absolute atomic E-state index is 5.38. The molecule has 0 N–H and O–H groups in total. The molecule has 0 aliphatic heterocycles. The molecule has 2 aromatic carbocycles. The van der Waals surface area contributed by atoms with Crippen LogP contribution in [0.2, 0.25) is 0 Å². The van der Waals surface area contributed by atoms with Gasteiger partial charge in [0.15, 0.2) is 11.5 Å². The predicted octanol–water partition coefficient (Wildman–Crippen LogP) is 3.87. The molecule has 0 saturated heterocycles. The van der Waals surface area contributed by atoms with Crippen molar-refractivity contribution >= 4 is 12.2 Å². The monoisotopic (exact) mass is 240 g/mol. The minimum atomic E-state index is 0.743. The summed E-state index contributed by atoms with van der Waals surface area (Å²) in [5.41, 5.74) is 2.16. The topological polar surface area (TPSA) is 18.5 Å². The lowest BCUT2D eigenvalue weighted by Crippen LogP contribution is -1.92.